The second-order valence-corrected chi connectivity index (χ2v) is 5.17. The minimum absolute atomic E-state index is 0.285. The van der Waals surface area contributed by atoms with Crippen molar-refractivity contribution in [3.05, 3.63) is 63.8 Å². The number of hydrogen-bond acceptors (Lipinski definition) is 5. The largest absolute Gasteiger partial charge is 0.462 e. The zero-order valence-corrected chi connectivity index (χ0v) is 12.5. The van der Waals surface area contributed by atoms with E-state index in [1.165, 1.54) is 0 Å². The van der Waals surface area contributed by atoms with Crippen molar-refractivity contribution in [2.24, 2.45) is 9.98 Å². The molecule has 0 spiro atoms. The summed E-state index contributed by atoms with van der Waals surface area (Å²) < 4.78 is 4.97. The molecular weight excluding hydrogens is 278 g/mol. The van der Waals surface area contributed by atoms with Crippen LogP contribution in [0.5, 0.6) is 0 Å². The summed E-state index contributed by atoms with van der Waals surface area (Å²) in [7, 11) is 0. The number of nitrogens with zero attached hydrogens (tertiary/aromatic N) is 2. The van der Waals surface area contributed by atoms with Gasteiger partial charge in [0, 0.05) is 5.69 Å². The van der Waals surface area contributed by atoms with E-state index in [-0.39, 0.29) is 12.1 Å². The summed E-state index contributed by atoms with van der Waals surface area (Å²) in [4.78, 5) is 20.8. The van der Waals surface area contributed by atoms with Crippen LogP contribution in [0.1, 0.15) is 34.6 Å². The van der Waals surface area contributed by atoms with Gasteiger partial charge in [-0.2, -0.15) is 0 Å². The van der Waals surface area contributed by atoms with E-state index in [0.29, 0.717) is 12.2 Å². The van der Waals surface area contributed by atoms with Crippen molar-refractivity contribution in [1.29, 1.82) is 0 Å². The van der Waals surface area contributed by atoms with E-state index in [4.69, 9.17) is 10.5 Å². The van der Waals surface area contributed by atoms with Crippen molar-refractivity contribution in [3.63, 3.8) is 0 Å². The lowest BCUT2D eigenvalue weighted by Crippen LogP contribution is -2.22. The highest BCUT2D eigenvalue weighted by Gasteiger charge is 2.14. The number of anilines is 1. The minimum atomic E-state index is -0.318. The number of hydrogen-bond donors (Lipinski definition) is 1. The molecule has 0 aromatic heterocycles. The van der Waals surface area contributed by atoms with Crippen LogP contribution in [0.15, 0.2) is 46.4 Å². The molecule has 0 bridgehead atoms. The number of fused-ring (bicyclic) bond motifs is 1. The number of esters is 1. The molecule has 3 rings (SSSR count). The summed E-state index contributed by atoms with van der Waals surface area (Å²) in [5.41, 5.74) is 9.08. The van der Waals surface area contributed by atoms with Gasteiger partial charge in [0.2, 0.25) is 0 Å². The number of benzene rings is 2. The molecule has 0 fully saturated rings. The Balaban J connectivity index is 1.90. The average Bonchev–Trinajstić information content (AvgIpc) is 2.91. The molecule has 0 saturated carbocycles. The maximum atomic E-state index is 11.6. The smallest absolute Gasteiger partial charge is 0.338 e. The van der Waals surface area contributed by atoms with E-state index >= 15 is 0 Å². The molecule has 5 heteroatoms. The van der Waals surface area contributed by atoms with Gasteiger partial charge in [0.05, 0.1) is 22.9 Å². The number of carbonyl (C=O) groups is 1. The Morgan fingerprint density at radius 1 is 1.18 bits per heavy atom. The Morgan fingerprint density at radius 2 is 1.82 bits per heavy atom. The highest BCUT2D eigenvalue weighted by Crippen LogP contribution is 2.20. The second kappa shape index (κ2) is 5.60. The summed E-state index contributed by atoms with van der Waals surface area (Å²) >= 11 is 0. The molecule has 1 aliphatic rings. The SMILES string of the molecule is CCOC(=O)c1ccc([C@@H]2N=c3cc(C)c(N)cc3=N2)cc1. The molecule has 0 aliphatic carbocycles. The first kappa shape index (κ1) is 14.3. The van der Waals surface area contributed by atoms with Crippen molar-refractivity contribution in [1.82, 2.24) is 0 Å². The normalized spacial score (nSPS) is 15.6. The Labute approximate surface area is 128 Å². The van der Waals surface area contributed by atoms with E-state index in [1.54, 1.807) is 19.1 Å². The standard InChI is InChI=1S/C17H17N3O2/c1-3-22-17(21)12-6-4-11(5-7-12)16-19-14-8-10(2)13(18)9-15(14)20-16/h4-9,16H,3,18H2,1-2H3/t16-/m1/s1. The molecule has 1 atom stereocenters. The van der Waals surface area contributed by atoms with Gasteiger partial charge >= 0.3 is 5.97 Å². The van der Waals surface area contributed by atoms with Crippen LogP contribution < -0.4 is 16.4 Å². The highest BCUT2D eigenvalue weighted by molar-refractivity contribution is 5.89. The maximum absolute atomic E-state index is 11.6. The van der Waals surface area contributed by atoms with Gasteiger partial charge in [-0.3, -0.25) is 9.98 Å². The van der Waals surface area contributed by atoms with Crippen LogP contribution in [0.4, 0.5) is 5.69 Å². The summed E-state index contributed by atoms with van der Waals surface area (Å²) in [6, 6.07) is 11.0. The Bertz CT molecular complexity index is 800. The summed E-state index contributed by atoms with van der Waals surface area (Å²) in [6.45, 7) is 4.10. The van der Waals surface area contributed by atoms with Gasteiger partial charge in [-0.05, 0) is 49.2 Å². The van der Waals surface area contributed by atoms with Crippen LogP contribution in [-0.4, -0.2) is 12.6 Å². The fourth-order valence-corrected chi connectivity index (χ4v) is 2.35. The average molecular weight is 295 g/mol. The molecular formula is C17H17N3O2. The van der Waals surface area contributed by atoms with Crippen molar-refractivity contribution < 1.29 is 9.53 Å². The fraction of sp³-hybridized carbons (Fsp3) is 0.235. The van der Waals surface area contributed by atoms with E-state index in [0.717, 1.165) is 27.5 Å². The van der Waals surface area contributed by atoms with Gasteiger partial charge in [0.15, 0.2) is 6.17 Å². The topological polar surface area (TPSA) is 77.0 Å². The lowest BCUT2D eigenvalue weighted by Gasteiger charge is -2.06. The predicted molar refractivity (Wildman–Crippen MR) is 83.0 cm³/mol. The Hall–Kier alpha value is -2.69. The number of carbonyl (C=O) groups excluding carboxylic acids is 1. The second-order valence-electron chi connectivity index (χ2n) is 5.17. The first-order valence-corrected chi connectivity index (χ1v) is 7.17. The Morgan fingerprint density at radius 3 is 2.45 bits per heavy atom. The third kappa shape index (κ3) is 2.57. The minimum Gasteiger partial charge on any atom is -0.462 e. The fourth-order valence-electron chi connectivity index (χ4n) is 2.35. The van der Waals surface area contributed by atoms with Crippen molar-refractivity contribution >= 4 is 11.7 Å². The molecule has 0 radical (unpaired) electrons. The van der Waals surface area contributed by atoms with Gasteiger partial charge < -0.3 is 10.5 Å². The number of nitrogens with two attached hydrogens (primary N) is 1. The van der Waals surface area contributed by atoms with E-state index in [9.17, 15) is 4.79 Å². The molecule has 1 aliphatic heterocycles. The number of aryl methyl sites for hydroxylation is 1. The maximum Gasteiger partial charge on any atom is 0.338 e. The molecule has 0 amide bonds. The van der Waals surface area contributed by atoms with Gasteiger partial charge in [0.25, 0.3) is 0 Å². The van der Waals surface area contributed by atoms with Crippen LogP contribution in [-0.2, 0) is 4.74 Å². The summed E-state index contributed by atoms with van der Waals surface area (Å²) in [5, 5.41) is 1.66. The first-order chi connectivity index (χ1) is 10.6. The molecule has 2 aromatic rings. The number of rotatable bonds is 3. The molecule has 1 heterocycles. The third-order valence-corrected chi connectivity index (χ3v) is 3.61. The predicted octanol–water partition coefficient (Wildman–Crippen LogP) is 1.71. The van der Waals surface area contributed by atoms with Crippen molar-refractivity contribution in [2.45, 2.75) is 20.0 Å². The zero-order chi connectivity index (χ0) is 15.7. The first-order valence-electron chi connectivity index (χ1n) is 7.17. The monoisotopic (exact) mass is 295 g/mol. The van der Waals surface area contributed by atoms with Gasteiger partial charge in [-0.25, -0.2) is 4.79 Å². The molecule has 0 saturated heterocycles. The summed E-state index contributed by atoms with van der Waals surface area (Å²) in [6.07, 6.45) is -0.285. The quantitative estimate of drug-likeness (QED) is 0.691. The zero-order valence-electron chi connectivity index (χ0n) is 12.5. The highest BCUT2D eigenvalue weighted by atomic mass is 16.5. The molecule has 112 valence electrons. The van der Waals surface area contributed by atoms with Crippen LogP contribution >= 0.6 is 0 Å². The molecule has 5 nitrogen and oxygen atoms in total. The molecule has 2 N–H and O–H groups in total. The van der Waals surface area contributed by atoms with Crippen molar-refractivity contribution in [2.75, 3.05) is 12.3 Å². The van der Waals surface area contributed by atoms with Gasteiger partial charge in [-0.15, -0.1) is 0 Å². The van der Waals surface area contributed by atoms with E-state index in [1.807, 2.05) is 31.2 Å². The number of nitrogen functional groups attached to an aromatic ring is 1. The van der Waals surface area contributed by atoms with Crippen LogP contribution in [0.3, 0.4) is 0 Å². The van der Waals surface area contributed by atoms with Crippen LogP contribution in [0.2, 0.25) is 0 Å². The van der Waals surface area contributed by atoms with Crippen LogP contribution in [0, 0.1) is 6.92 Å². The van der Waals surface area contributed by atoms with E-state index < -0.39 is 0 Å². The molecule has 0 unspecified atom stereocenters. The number of ether oxygens (including phenoxy) is 1. The van der Waals surface area contributed by atoms with Gasteiger partial charge in [0.1, 0.15) is 0 Å². The van der Waals surface area contributed by atoms with Crippen LogP contribution in [0.25, 0.3) is 0 Å². The third-order valence-electron chi connectivity index (χ3n) is 3.61. The lowest BCUT2D eigenvalue weighted by atomic mass is 10.1. The van der Waals surface area contributed by atoms with E-state index in [2.05, 4.69) is 9.98 Å². The lowest BCUT2D eigenvalue weighted by molar-refractivity contribution is 0.0526. The summed E-state index contributed by atoms with van der Waals surface area (Å²) in [5.74, 6) is -0.318. The molecule has 22 heavy (non-hydrogen) atoms. The van der Waals surface area contributed by atoms with Crippen molar-refractivity contribution in [3.8, 4) is 0 Å². The van der Waals surface area contributed by atoms with Gasteiger partial charge in [-0.1, -0.05) is 12.1 Å². The Kier molecular flexibility index (Phi) is 3.63. The molecule has 2 aromatic carbocycles.